The van der Waals surface area contributed by atoms with E-state index in [1.54, 1.807) is 25.3 Å². The number of aromatic nitrogens is 2. The van der Waals surface area contributed by atoms with Gasteiger partial charge in [0.05, 0.1) is 28.6 Å². The van der Waals surface area contributed by atoms with Gasteiger partial charge < -0.3 is 4.74 Å². The van der Waals surface area contributed by atoms with Gasteiger partial charge in [-0.1, -0.05) is 17.7 Å². The van der Waals surface area contributed by atoms with Crippen LogP contribution in [-0.2, 0) is 4.74 Å². The quantitative estimate of drug-likeness (QED) is 0.407. The highest BCUT2D eigenvalue weighted by Gasteiger charge is 2.31. The van der Waals surface area contributed by atoms with Crippen LogP contribution in [0, 0.1) is 26.2 Å². The maximum absolute atomic E-state index is 13.0. The number of aryl methyl sites for hydroxylation is 3. The van der Waals surface area contributed by atoms with E-state index in [1.165, 1.54) is 4.52 Å². The largest absolute Gasteiger partial charge is 0.462 e. The predicted molar refractivity (Wildman–Crippen MR) is 109 cm³/mol. The van der Waals surface area contributed by atoms with Gasteiger partial charge in [-0.15, -0.1) is 16.5 Å². The molecule has 4 rings (SSSR count). The molecule has 2 aliphatic rings. The van der Waals surface area contributed by atoms with Gasteiger partial charge in [-0.2, -0.15) is 5.11 Å². The van der Waals surface area contributed by atoms with Crippen molar-refractivity contribution in [1.82, 2.24) is 9.03 Å². The molecule has 0 saturated heterocycles. The van der Waals surface area contributed by atoms with Crippen molar-refractivity contribution in [3.8, 4) is 10.6 Å². The molecular formula is C20H19N5O3S. The van der Waals surface area contributed by atoms with Gasteiger partial charge in [0, 0.05) is 0 Å². The van der Waals surface area contributed by atoms with Crippen LogP contribution in [0.1, 0.15) is 34.2 Å². The zero-order chi connectivity index (χ0) is 20.9. The smallest absolute Gasteiger partial charge is 0.343 e. The van der Waals surface area contributed by atoms with Gasteiger partial charge >= 0.3 is 5.97 Å². The number of carbonyl (C=O) groups excluding carboxylic acids is 1. The van der Waals surface area contributed by atoms with Gasteiger partial charge in [-0.05, 0) is 39.8 Å². The maximum Gasteiger partial charge on any atom is 0.343 e. The molecule has 0 radical (unpaired) electrons. The van der Waals surface area contributed by atoms with Crippen molar-refractivity contribution in [1.29, 1.82) is 5.41 Å². The van der Waals surface area contributed by atoms with E-state index < -0.39 is 5.97 Å². The Labute approximate surface area is 169 Å². The monoisotopic (exact) mass is 409 g/mol. The van der Waals surface area contributed by atoms with E-state index in [2.05, 4.69) is 10.2 Å². The Bertz CT molecular complexity index is 1340. The number of carbonyl (C=O) groups is 1. The van der Waals surface area contributed by atoms with Crippen molar-refractivity contribution >= 4 is 28.7 Å². The summed E-state index contributed by atoms with van der Waals surface area (Å²) in [5.74, 6) is -0.570. The van der Waals surface area contributed by atoms with Gasteiger partial charge in [0.15, 0.2) is 5.69 Å². The van der Waals surface area contributed by atoms with Crippen LogP contribution < -0.4 is 10.2 Å². The van der Waals surface area contributed by atoms with Gasteiger partial charge in [-0.3, -0.25) is 10.2 Å². The molecule has 8 nitrogen and oxygen atoms in total. The molecule has 0 spiro atoms. The SMILES string of the molecule is CCOC(=O)c1c2n3c(C)c(N=Nc4ccc(C)cc4)c(=O)n3c(C)c-2sc1=N. The molecule has 1 aromatic carbocycles. The van der Waals surface area contributed by atoms with E-state index in [0.29, 0.717) is 27.6 Å². The number of esters is 1. The molecule has 0 unspecified atom stereocenters. The van der Waals surface area contributed by atoms with E-state index in [0.717, 1.165) is 16.9 Å². The van der Waals surface area contributed by atoms with Gasteiger partial charge in [0.2, 0.25) is 0 Å². The lowest BCUT2D eigenvalue weighted by Crippen LogP contribution is -2.15. The Morgan fingerprint density at radius 1 is 1.10 bits per heavy atom. The third-order valence-corrected chi connectivity index (χ3v) is 5.88. The minimum atomic E-state index is -0.570. The average molecular weight is 409 g/mol. The summed E-state index contributed by atoms with van der Waals surface area (Å²) in [6.45, 7) is 7.44. The number of ether oxygens (including phenoxy) is 1. The first-order valence-electron chi connectivity index (χ1n) is 9.08. The molecule has 9 heteroatoms. The van der Waals surface area contributed by atoms with Crippen LogP contribution in [0.4, 0.5) is 11.4 Å². The first-order valence-corrected chi connectivity index (χ1v) is 9.90. The fraction of sp³-hybridized carbons (Fsp3) is 0.250. The molecule has 148 valence electrons. The lowest BCUT2D eigenvalue weighted by molar-refractivity contribution is 0.0525. The Hall–Kier alpha value is -3.33. The van der Waals surface area contributed by atoms with E-state index >= 15 is 0 Å². The molecule has 3 heterocycles. The summed E-state index contributed by atoms with van der Waals surface area (Å²) in [7, 11) is 0. The van der Waals surface area contributed by atoms with Gasteiger partial charge in [0.25, 0.3) is 5.56 Å². The minimum absolute atomic E-state index is 0.113. The van der Waals surface area contributed by atoms with Crippen LogP contribution in [-0.4, -0.2) is 21.6 Å². The van der Waals surface area contributed by atoms with Crippen LogP contribution in [0.2, 0.25) is 0 Å². The molecule has 0 fully saturated rings. The van der Waals surface area contributed by atoms with Crippen molar-refractivity contribution in [3.63, 3.8) is 0 Å². The van der Waals surface area contributed by atoms with Crippen molar-refractivity contribution in [2.45, 2.75) is 27.7 Å². The van der Waals surface area contributed by atoms with E-state index in [1.807, 2.05) is 31.2 Å². The summed E-state index contributed by atoms with van der Waals surface area (Å²) < 4.78 is 8.35. The molecule has 2 aromatic rings. The maximum atomic E-state index is 13.0. The van der Waals surface area contributed by atoms with Crippen LogP contribution in [0.3, 0.4) is 0 Å². The number of azo groups is 1. The lowest BCUT2D eigenvalue weighted by Gasteiger charge is -2.02. The molecule has 0 bridgehead atoms. The summed E-state index contributed by atoms with van der Waals surface area (Å²) >= 11 is 1.16. The highest BCUT2D eigenvalue weighted by atomic mass is 32.1. The number of hydrogen-bond acceptors (Lipinski definition) is 7. The number of fused-ring (bicyclic) bond motifs is 3. The summed E-state index contributed by atoms with van der Waals surface area (Å²) in [5, 5.41) is 16.6. The van der Waals surface area contributed by atoms with Crippen LogP contribution >= 0.6 is 11.3 Å². The van der Waals surface area contributed by atoms with Crippen LogP contribution in [0.5, 0.6) is 0 Å². The van der Waals surface area contributed by atoms with Crippen LogP contribution in [0.15, 0.2) is 39.3 Å². The van der Waals surface area contributed by atoms with Crippen LogP contribution in [0.25, 0.3) is 10.6 Å². The number of thiophene rings is 1. The summed E-state index contributed by atoms with van der Waals surface area (Å²) in [4.78, 5) is 26.2. The Morgan fingerprint density at radius 2 is 1.79 bits per heavy atom. The first kappa shape index (κ1) is 19.0. The zero-order valence-corrected chi connectivity index (χ0v) is 17.3. The van der Waals surface area contributed by atoms with E-state index in [4.69, 9.17) is 10.1 Å². The molecule has 1 N–H and O–H groups in total. The molecule has 2 aliphatic heterocycles. The average Bonchev–Trinajstić information content (AvgIpc) is 3.24. The van der Waals surface area contributed by atoms with Gasteiger partial charge in [-0.25, -0.2) is 13.8 Å². The van der Waals surface area contributed by atoms with E-state index in [9.17, 15) is 9.59 Å². The molecular weight excluding hydrogens is 390 g/mol. The molecule has 1 aromatic heterocycles. The number of rotatable bonds is 4. The summed E-state index contributed by atoms with van der Waals surface area (Å²) in [6.07, 6.45) is 0. The summed E-state index contributed by atoms with van der Waals surface area (Å²) in [5.41, 5.74) is 3.49. The minimum Gasteiger partial charge on any atom is -0.462 e. The molecule has 0 amide bonds. The second kappa shape index (κ2) is 6.93. The Balaban J connectivity index is 1.95. The number of hydrogen-bond donors (Lipinski definition) is 1. The topological polar surface area (TPSA) is 101 Å². The van der Waals surface area contributed by atoms with Crippen molar-refractivity contribution in [3.05, 3.63) is 61.8 Å². The fourth-order valence-corrected chi connectivity index (χ4v) is 4.36. The number of nitrogens with one attached hydrogen (secondary N) is 1. The third kappa shape index (κ3) is 2.85. The molecule has 0 aliphatic carbocycles. The van der Waals surface area contributed by atoms with Crippen molar-refractivity contribution < 1.29 is 9.53 Å². The van der Waals surface area contributed by atoms with Crippen molar-refractivity contribution in [2.24, 2.45) is 10.2 Å². The first-order chi connectivity index (χ1) is 13.8. The van der Waals surface area contributed by atoms with E-state index in [-0.39, 0.29) is 28.1 Å². The highest BCUT2D eigenvalue weighted by molar-refractivity contribution is 7.13. The molecule has 0 atom stereocenters. The highest BCUT2D eigenvalue weighted by Crippen LogP contribution is 2.35. The summed E-state index contributed by atoms with van der Waals surface area (Å²) in [6, 6.07) is 7.50. The predicted octanol–water partition coefficient (Wildman–Crippen LogP) is 4.00. The fourth-order valence-electron chi connectivity index (χ4n) is 3.36. The zero-order valence-electron chi connectivity index (χ0n) is 16.4. The Morgan fingerprint density at radius 3 is 2.45 bits per heavy atom. The molecule has 0 saturated carbocycles. The van der Waals surface area contributed by atoms with Crippen molar-refractivity contribution in [2.75, 3.05) is 6.61 Å². The Kier molecular flexibility index (Phi) is 4.54. The number of nitrogens with zero attached hydrogens (tertiary/aromatic N) is 4. The lowest BCUT2D eigenvalue weighted by atomic mass is 10.2. The third-order valence-electron chi connectivity index (χ3n) is 4.78. The second-order valence-corrected chi connectivity index (χ2v) is 7.71. The normalized spacial score (nSPS) is 11.9. The number of benzene rings is 1. The standard InChI is InChI=1S/C20H19N5O3S/c1-5-28-20(27)14-16-17(29-18(14)21)12(4)25-19(26)15(11(3)24(16)25)23-22-13-8-6-10(2)7-9-13/h6-9,21H,5H2,1-4H3. The second-order valence-electron chi connectivity index (χ2n) is 6.69. The van der Waals surface area contributed by atoms with Gasteiger partial charge in [0.1, 0.15) is 15.9 Å². The molecule has 29 heavy (non-hydrogen) atoms.